The molecule has 0 saturated heterocycles. The van der Waals surface area contributed by atoms with Gasteiger partial charge in [0.2, 0.25) is 0 Å². The van der Waals surface area contributed by atoms with Crippen LogP contribution in [0.4, 0.5) is 0 Å². The lowest BCUT2D eigenvalue weighted by Gasteiger charge is -2.14. The molecule has 0 saturated carbocycles. The molecule has 0 amide bonds. The van der Waals surface area contributed by atoms with E-state index in [9.17, 15) is 5.11 Å². The molecule has 2 nitrogen and oxygen atoms in total. The van der Waals surface area contributed by atoms with E-state index < -0.39 is 0 Å². The predicted octanol–water partition coefficient (Wildman–Crippen LogP) is 3.00. The Labute approximate surface area is 114 Å². The van der Waals surface area contributed by atoms with Gasteiger partial charge in [-0.3, -0.25) is 4.90 Å². The molecule has 19 heavy (non-hydrogen) atoms. The van der Waals surface area contributed by atoms with Crippen molar-refractivity contribution in [3.05, 3.63) is 70.3 Å². The molecule has 0 bridgehead atoms. The van der Waals surface area contributed by atoms with Crippen molar-refractivity contribution in [2.75, 3.05) is 0 Å². The molecule has 0 unspecified atom stereocenters. The molecule has 2 heteroatoms. The van der Waals surface area contributed by atoms with Crippen molar-refractivity contribution >= 4 is 0 Å². The maximum Gasteiger partial charge on any atom is 0.0681 e. The van der Waals surface area contributed by atoms with Gasteiger partial charge in [-0.05, 0) is 29.2 Å². The lowest BCUT2D eigenvalue weighted by Crippen LogP contribution is -2.15. The first-order chi connectivity index (χ1) is 9.24. The molecule has 0 radical (unpaired) electrons. The minimum atomic E-state index is 0.130. The first-order valence-corrected chi connectivity index (χ1v) is 6.74. The number of nitrogens with zero attached hydrogens (tertiary/aromatic N) is 1. The Bertz CT molecular complexity index is 574. The largest absolute Gasteiger partial charge is 0.392 e. The van der Waals surface area contributed by atoms with Crippen LogP contribution in [0.1, 0.15) is 27.8 Å². The van der Waals surface area contributed by atoms with Gasteiger partial charge in [-0.2, -0.15) is 0 Å². The van der Waals surface area contributed by atoms with Crippen molar-refractivity contribution in [2.45, 2.75) is 33.2 Å². The van der Waals surface area contributed by atoms with E-state index in [-0.39, 0.29) is 6.61 Å². The second-order valence-corrected chi connectivity index (χ2v) is 5.39. The fourth-order valence-electron chi connectivity index (χ4n) is 2.68. The lowest BCUT2D eigenvalue weighted by molar-refractivity contribution is 0.274. The molecule has 0 aliphatic carbocycles. The topological polar surface area (TPSA) is 23.5 Å². The Morgan fingerprint density at radius 1 is 0.947 bits per heavy atom. The summed E-state index contributed by atoms with van der Waals surface area (Å²) >= 11 is 0. The molecule has 3 rings (SSSR count). The summed E-state index contributed by atoms with van der Waals surface area (Å²) < 4.78 is 0. The Hall–Kier alpha value is -1.64. The highest BCUT2D eigenvalue weighted by molar-refractivity contribution is 5.35. The van der Waals surface area contributed by atoms with E-state index in [1.807, 2.05) is 6.07 Å². The molecule has 2 aromatic rings. The van der Waals surface area contributed by atoms with Crippen molar-refractivity contribution in [1.82, 2.24) is 4.90 Å². The molecular weight excluding hydrogens is 234 g/mol. The van der Waals surface area contributed by atoms with Crippen molar-refractivity contribution in [3.8, 4) is 0 Å². The Morgan fingerprint density at radius 3 is 2.37 bits per heavy atom. The number of aliphatic hydroxyl groups is 1. The predicted molar refractivity (Wildman–Crippen MR) is 76.5 cm³/mol. The van der Waals surface area contributed by atoms with Crippen LogP contribution in [0.3, 0.4) is 0 Å². The molecular formula is C17H19NO. The Kier molecular flexibility index (Phi) is 3.36. The average Bonchev–Trinajstić information content (AvgIpc) is 2.82. The van der Waals surface area contributed by atoms with Gasteiger partial charge in [-0.15, -0.1) is 0 Å². The zero-order chi connectivity index (χ0) is 13.2. The van der Waals surface area contributed by atoms with Gasteiger partial charge in [0.1, 0.15) is 0 Å². The van der Waals surface area contributed by atoms with Crippen molar-refractivity contribution in [1.29, 1.82) is 0 Å². The van der Waals surface area contributed by atoms with Crippen molar-refractivity contribution in [2.24, 2.45) is 0 Å². The quantitative estimate of drug-likeness (QED) is 0.909. The maximum absolute atomic E-state index is 9.18. The van der Waals surface area contributed by atoms with E-state index in [0.717, 1.165) is 25.2 Å². The van der Waals surface area contributed by atoms with Gasteiger partial charge in [0.05, 0.1) is 6.61 Å². The Morgan fingerprint density at radius 2 is 1.63 bits per heavy atom. The van der Waals surface area contributed by atoms with E-state index >= 15 is 0 Å². The number of rotatable bonds is 3. The van der Waals surface area contributed by atoms with E-state index in [1.54, 1.807) is 0 Å². The van der Waals surface area contributed by atoms with Crippen molar-refractivity contribution in [3.63, 3.8) is 0 Å². The van der Waals surface area contributed by atoms with Gasteiger partial charge in [0.25, 0.3) is 0 Å². The van der Waals surface area contributed by atoms with Crippen LogP contribution in [0.2, 0.25) is 0 Å². The number of aryl methyl sites for hydroxylation is 1. The maximum atomic E-state index is 9.18. The highest BCUT2D eigenvalue weighted by Crippen LogP contribution is 2.25. The minimum absolute atomic E-state index is 0.130. The number of benzene rings is 2. The molecule has 1 heterocycles. The van der Waals surface area contributed by atoms with Gasteiger partial charge in [0, 0.05) is 19.6 Å². The zero-order valence-corrected chi connectivity index (χ0v) is 11.3. The molecule has 98 valence electrons. The van der Waals surface area contributed by atoms with Gasteiger partial charge < -0.3 is 5.11 Å². The SMILES string of the molecule is Cc1ccc(CN2Cc3ccc(CO)cc3C2)cc1. The summed E-state index contributed by atoms with van der Waals surface area (Å²) in [5.74, 6) is 0. The van der Waals surface area contributed by atoms with E-state index in [4.69, 9.17) is 0 Å². The van der Waals surface area contributed by atoms with Crippen LogP contribution in [0.5, 0.6) is 0 Å². The minimum Gasteiger partial charge on any atom is -0.392 e. The number of hydrogen-bond acceptors (Lipinski definition) is 2. The van der Waals surface area contributed by atoms with Crippen LogP contribution in [0.15, 0.2) is 42.5 Å². The standard InChI is InChI=1S/C17H19NO/c1-13-2-4-14(5-3-13)9-18-10-16-7-6-15(12-19)8-17(16)11-18/h2-8,19H,9-12H2,1H3. The summed E-state index contributed by atoms with van der Waals surface area (Å²) in [4.78, 5) is 2.44. The summed E-state index contributed by atoms with van der Waals surface area (Å²) in [6, 6.07) is 15.1. The number of hydrogen-bond donors (Lipinski definition) is 1. The second kappa shape index (κ2) is 5.16. The zero-order valence-electron chi connectivity index (χ0n) is 11.3. The molecule has 0 fully saturated rings. The van der Waals surface area contributed by atoms with Crippen molar-refractivity contribution < 1.29 is 5.11 Å². The summed E-state index contributed by atoms with van der Waals surface area (Å²) in [6.45, 7) is 5.23. The van der Waals surface area contributed by atoms with Crippen LogP contribution < -0.4 is 0 Å². The highest BCUT2D eigenvalue weighted by Gasteiger charge is 2.18. The number of fused-ring (bicyclic) bond motifs is 1. The summed E-state index contributed by atoms with van der Waals surface area (Å²) in [6.07, 6.45) is 0. The molecule has 0 aromatic heterocycles. The highest BCUT2D eigenvalue weighted by atomic mass is 16.3. The first kappa shape index (κ1) is 12.4. The number of aliphatic hydroxyl groups excluding tert-OH is 1. The fraction of sp³-hybridized carbons (Fsp3) is 0.294. The van der Waals surface area contributed by atoms with Gasteiger partial charge in [-0.1, -0.05) is 48.0 Å². The van der Waals surface area contributed by atoms with Gasteiger partial charge in [0.15, 0.2) is 0 Å². The van der Waals surface area contributed by atoms with Gasteiger partial charge >= 0.3 is 0 Å². The summed E-state index contributed by atoms with van der Waals surface area (Å²) in [5.41, 5.74) is 6.43. The third-order valence-corrected chi connectivity index (χ3v) is 3.77. The second-order valence-electron chi connectivity index (χ2n) is 5.39. The lowest BCUT2D eigenvalue weighted by atomic mass is 10.1. The molecule has 0 spiro atoms. The van der Waals surface area contributed by atoms with Gasteiger partial charge in [-0.25, -0.2) is 0 Å². The third-order valence-electron chi connectivity index (χ3n) is 3.77. The molecule has 2 aromatic carbocycles. The van der Waals surface area contributed by atoms with E-state index in [2.05, 4.69) is 48.2 Å². The van der Waals surface area contributed by atoms with Crippen LogP contribution in [-0.4, -0.2) is 10.0 Å². The normalized spacial score (nSPS) is 14.6. The van der Waals surface area contributed by atoms with Crippen LogP contribution in [0, 0.1) is 6.92 Å². The van der Waals surface area contributed by atoms with Crippen LogP contribution >= 0.6 is 0 Å². The molecule has 0 atom stereocenters. The monoisotopic (exact) mass is 253 g/mol. The molecule has 1 aliphatic heterocycles. The average molecular weight is 253 g/mol. The van der Waals surface area contributed by atoms with Crippen LogP contribution in [0.25, 0.3) is 0 Å². The van der Waals surface area contributed by atoms with E-state index in [1.165, 1.54) is 22.3 Å². The first-order valence-electron chi connectivity index (χ1n) is 6.74. The molecule has 1 aliphatic rings. The molecule has 1 N–H and O–H groups in total. The van der Waals surface area contributed by atoms with E-state index in [0.29, 0.717) is 0 Å². The Balaban J connectivity index is 1.71. The van der Waals surface area contributed by atoms with Crippen LogP contribution in [-0.2, 0) is 26.2 Å². The smallest absolute Gasteiger partial charge is 0.0681 e. The fourth-order valence-corrected chi connectivity index (χ4v) is 2.68. The summed E-state index contributed by atoms with van der Waals surface area (Å²) in [5, 5.41) is 9.18. The summed E-state index contributed by atoms with van der Waals surface area (Å²) in [7, 11) is 0. The third kappa shape index (κ3) is 2.70.